The van der Waals surface area contributed by atoms with Crippen molar-refractivity contribution in [2.24, 2.45) is 0 Å². The molecule has 0 amide bonds. The molecule has 0 aliphatic rings. The highest BCUT2D eigenvalue weighted by atomic mass is 35.5. The summed E-state index contributed by atoms with van der Waals surface area (Å²) >= 11 is 17.3. The van der Waals surface area contributed by atoms with E-state index in [1.54, 1.807) is 0 Å². The molecule has 0 saturated heterocycles. The third kappa shape index (κ3) is 3.43. The van der Waals surface area contributed by atoms with Crippen LogP contribution in [0.1, 0.15) is 5.56 Å². The fourth-order valence-electron chi connectivity index (χ4n) is 1.08. The maximum atomic E-state index is 9.27. The second-order valence-corrected chi connectivity index (χ2v) is 4.24. The Bertz CT molecular complexity index is 394. The molecular weight excluding hydrogens is 270 g/mol. The number of aliphatic hydroxyl groups excluding tert-OH is 1. The van der Waals surface area contributed by atoms with Crippen LogP contribution in [-0.2, 0) is 0 Å². The molecule has 0 heterocycles. The van der Waals surface area contributed by atoms with Gasteiger partial charge in [0.25, 0.3) is 0 Å². The number of nitrogens with zero attached hydrogens (tertiary/aromatic N) is 1. The molecule has 1 atom stereocenters. The van der Waals surface area contributed by atoms with Crippen molar-refractivity contribution in [3.8, 4) is 6.07 Å². The number of hydrogen-bond acceptors (Lipinski definition) is 3. The van der Waals surface area contributed by atoms with Gasteiger partial charge in [-0.1, -0.05) is 23.2 Å². The minimum absolute atomic E-state index is 0.124. The van der Waals surface area contributed by atoms with Gasteiger partial charge in [-0.2, -0.15) is 5.26 Å². The van der Waals surface area contributed by atoms with Gasteiger partial charge in [0.15, 0.2) is 0 Å². The molecule has 0 spiro atoms. The van der Waals surface area contributed by atoms with Crippen LogP contribution in [0.2, 0.25) is 10.0 Å². The first-order chi connectivity index (χ1) is 7.58. The number of halogens is 3. The van der Waals surface area contributed by atoms with Crippen molar-refractivity contribution < 1.29 is 5.11 Å². The van der Waals surface area contributed by atoms with E-state index in [4.69, 9.17) is 40.1 Å². The lowest BCUT2D eigenvalue weighted by molar-refractivity contribution is 0.211. The van der Waals surface area contributed by atoms with Crippen LogP contribution < -0.4 is 5.32 Å². The molecule has 0 aliphatic carbocycles. The summed E-state index contributed by atoms with van der Waals surface area (Å²) in [5.41, 5.74) is 0.880. The largest absolute Gasteiger partial charge is 0.390 e. The molecule has 1 aromatic rings. The highest BCUT2D eigenvalue weighted by molar-refractivity contribution is 6.39. The molecule has 0 radical (unpaired) electrons. The number of rotatable bonds is 4. The molecule has 6 heteroatoms. The summed E-state index contributed by atoms with van der Waals surface area (Å²) in [5, 5.41) is 21.5. The molecule has 0 bridgehead atoms. The van der Waals surface area contributed by atoms with E-state index in [0.717, 1.165) is 0 Å². The van der Waals surface area contributed by atoms with Crippen molar-refractivity contribution in [3.05, 3.63) is 27.7 Å². The molecular formula is C10H9Cl3N2O. The van der Waals surface area contributed by atoms with Gasteiger partial charge in [0.1, 0.15) is 0 Å². The Labute approximate surface area is 109 Å². The predicted molar refractivity (Wildman–Crippen MR) is 66.4 cm³/mol. The summed E-state index contributed by atoms with van der Waals surface area (Å²) in [6, 6.07) is 4.95. The fourth-order valence-corrected chi connectivity index (χ4v) is 1.81. The van der Waals surface area contributed by atoms with E-state index < -0.39 is 6.10 Å². The van der Waals surface area contributed by atoms with Crippen LogP contribution in [0, 0.1) is 11.3 Å². The number of anilines is 1. The third-order valence-electron chi connectivity index (χ3n) is 1.86. The monoisotopic (exact) mass is 278 g/mol. The van der Waals surface area contributed by atoms with Crippen molar-refractivity contribution in [3.63, 3.8) is 0 Å². The number of nitrogens with one attached hydrogen (secondary N) is 1. The highest BCUT2D eigenvalue weighted by Crippen LogP contribution is 2.31. The lowest BCUT2D eigenvalue weighted by Crippen LogP contribution is -2.21. The van der Waals surface area contributed by atoms with Crippen LogP contribution in [-0.4, -0.2) is 23.6 Å². The van der Waals surface area contributed by atoms with Crippen molar-refractivity contribution >= 4 is 40.5 Å². The van der Waals surface area contributed by atoms with E-state index in [2.05, 4.69) is 5.32 Å². The Morgan fingerprint density at radius 1 is 1.38 bits per heavy atom. The van der Waals surface area contributed by atoms with E-state index in [1.807, 2.05) is 6.07 Å². The lowest BCUT2D eigenvalue weighted by Gasteiger charge is -2.13. The first kappa shape index (κ1) is 13.4. The normalized spacial score (nSPS) is 11.9. The fraction of sp³-hybridized carbons (Fsp3) is 0.300. The average molecular weight is 280 g/mol. The van der Waals surface area contributed by atoms with Crippen LogP contribution in [0.15, 0.2) is 12.1 Å². The molecule has 1 aromatic carbocycles. The van der Waals surface area contributed by atoms with E-state index in [0.29, 0.717) is 21.3 Å². The summed E-state index contributed by atoms with van der Waals surface area (Å²) < 4.78 is 0. The molecule has 2 N–H and O–H groups in total. The van der Waals surface area contributed by atoms with Gasteiger partial charge in [-0.05, 0) is 12.1 Å². The topological polar surface area (TPSA) is 56.0 Å². The number of benzene rings is 1. The standard InChI is InChI=1S/C10H9Cl3N2O/c11-3-7(16)5-15-10-8(12)1-6(4-14)2-9(10)13/h1-2,7,15-16H,3,5H2. The number of aliphatic hydroxyl groups is 1. The van der Waals surface area contributed by atoms with E-state index >= 15 is 0 Å². The van der Waals surface area contributed by atoms with Crippen molar-refractivity contribution in [2.45, 2.75) is 6.10 Å². The summed E-state index contributed by atoms with van der Waals surface area (Å²) in [7, 11) is 0. The van der Waals surface area contributed by atoms with Crippen molar-refractivity contribution in [2.75, 3.05) is 17.7 Å². The first-order valence-corrected chi connectivity index (χ1v) is 5.74. The van der Waals surface area contributed by atoms with Crippen LogP contribution in [0.4, 0.5) is 5.69 Å². The van der Waals surface area contributed by atoms with Crippen LogP contribution in [0.5, 0.6) is 0 Å². The molecule has 0 aromatic heterocycles. The zero-order chi connectivity index (χ0) is 12.1. The first-order valence-electron chi connectivity index (χ1n) is 4.45. The molecule has 0 fully saturated rings. The van der Waals surface area contributed by atoms with Gasteiger partial charge in [0.05, 0.1) is 39.3 Å². The summed E-state index contributed by atoms with van der Waals surface area (Å²) in [6.07, 6.45) is -0.676. The summed E-state index contributed by atoms with van der Waals surface area (Å²) in [5.74, 6) is 0.124. The molecule has 0 aliphatic heterocycles. The Balaban J connectivity index is 2.85. The maximum Gasteiger partial charge on any atom is 0.0992 e. The Morgan fingerprint density at radius 3 is 2.38 bits per heavy atom. The van der Waals surface area contributed by atoms with Gasteiger partial charge in [0.2, 0.25) is 0 Å². The summed E-state index contributed by atoms with van der Waals surface area (Å²) in [4.78, 5) is 0. The zero-order valence-electron chi connectivity index (χ0n) is 8.17. The lowest BCUT2D eigenvalue weighted by atomic mass is 10.2. The molecule has 86 valence electrons. The highest BCUT2D eigenvalue weighted by Gasteiger charge is 2.09. The van der Waals surface area contributed by atoms with E-state index in [9.17, 15) is 5.11 Å². The van der Waals surface area contributed by atoms with Gasteiger partial charge in [-0.3, -0.25) is 0 Å². The van der Waals surface area contributed by atoms with Gasteiger partial charge < -0.3 is 10.4 Å². The minimum atomic E-state index is -0.676. The SMILES string of the molecule is N#Cc1cc(Cl)c(NCC(O)CCl)c(Cl)c1. The second-order valence-electron chi connectivity index (χ2n) is 3.12. The van der Waals surface area contributed by atoms with E-state index in [-0.39, 0.29) is 12.4 Å². The summed E-state index contributed by atoms with van der Waals surface area (Å²) in [6.45, 7) is 0.245. The Kier molecular flexibility index (Phi) is 5.17. The Morgan fingerprint density at radius 2 is 1.94 bits per heavy atom. The molecule has 1 rings (SSSR count). The average Bonchev–Trinajstić information content (AvgIpc) is 2.27. The molecule has 3 nitrogen and oxygen atoms in total. The third-order valence-corrected chi connectivity index (χ3v) is 2.82. The van der Waals surface area contributed by atoms with Gasteiger partial charge in [-0.15, -0.1) is 11.6 Å². The maximum absolute atomic E-state index is 9.27. The van der Waals surface area contributed by atoms with Gasteiger partial charge in [0, 0.05) is 6.54 Å². The van der Waals surface area contributed by atoms with Gasteiger partial charge >= 0.3 is 0 Å². The number of alkyl halides is 1. The van der Waals surface area contributed by atoms with Crippen LogP contribution >= 0.6 is 34.8 Å². The van der Waals surface area contributed by atoms with Crippen molar-refractivity contribution in [1.29, 1.82) is 5.26 Å². The smallest absolute Gasteiger partial charge is 0.0992 e. The quantitative estimate of drug-likeness (QED) is 0.833. The molecule has 0 saturated carbocycles. The Hall–Kier alpha value is -0.660. The number of hydrogen-bond donors (Lipinski definition) is 2. The van der Waals surface area contributed by atoms with E-state index in [1.165, 1.54) is 12.1 Å². The molecule has 1 unspecified atom stereocenters. The predicted octanol–water partition coefficient (Wildman–Crippen LogP) is 2.88. The minimum Gasteiger partial charge on any atom is -0.390 e. The van der Waals surface area contributed by atoms with Crippen LogP contribution in [0.25, 0.3) is 0 Å². The second kappa shape index (κ2) is 6.17. The van der Waals surface area contributed by atoms with Gasteiger partial charge in [-0.25, -0.2) is 0 Å². The molecule has 16 heavy (non-hydrogen) atoms. The number of nitriles is 1. The zero-order valence-corrected chi connectivity index (χ0v) is 10.4. The van der Waals surface area contributed by atoms with Crippen molar-refractivity contribution in [1.82, 2.24) is 0 Å². The van der Waals surface area contributed by atoms with Crippen LogP contribution in [0.3, 0.4) is 0 Å².